The van der Waals surface area contributed by atoms with Crippen LogP contribution in [0.15, 0.2) is 23.1 Å². The van der Waals surface area contributed by atoms with Crippen LogP contribution in [0.4, 0.5) is 10.2 Å². The Hall–Kier alpha value is -1.89. The van der Waals surface area contributed by atoms with Crippen molar-refractivity contribution in [2.75, 3.05) is 4.72 Å². The molecule has 0 fully saturated rings. The summed E-state index contributed by atoms with van der Waals surface area (Å²) in [6.45, 7) is 5.19. The highest BCUT2D eigenvalue weighted by Crippen LogP contribution is 2.23. The summed E-state index contributed by atoms with van der Waals surface area (Å²) >= 11 is 0. The van der Waals surface area contributed by atoms with Gasteiger partial charge in [-0.25, -0.2) is 12.8 Å². The fourth-order valence-corrected chi connectivity index (χ4v) is 3.36. The number of nitrogens with zero attached hydrogens (tertiary/aromatic N) is 2. The van der Waals surface area contributed by atoms with Gasteiger partial charge < -0.3 is 0 Å². The number of sulfonamides is 1. The largest absolute Gasteiger partial charge is 0.263 e. The van der Waals surface area contributed by atoms with Gasteiger partial charge in [0.2, 0.25) is 0 Å². The minimum Gasteiger partial charge on any atom is -0.263 e. The van der Waals surface area contributed by atoms with Gasteiger partial charge in [0.25, 0.3) is 10.0 Å². The second-order valence-electron chi connectivity index (χ2n) is 4.70. The molecule has 108 valence electrons. The molecule has 20 heavy (non-hydrogen) atoms. The SMILES string of the molecule is Cc1ccc(F)cc1S(=O)(=O)Nc1c(C)c(C)nn1C. The van der Waals surface area contributed by atoms with Crippen LogP contribution in [0.2, 0.25) is 0 Å². The van der Waals surface area contributed by atoms with Crippen molar-refractivity contribution < 1.29 is 12.8 Å². The first-order valence-corrected chi connectivity index (χ1v) is 7.50. The van der Waals surface area contributed by atoms with Crippen LogP contribution >= 0.6 is 0 Å². The molecule has 0 aliphatic heterocycles. The maximum Gasteiger partial charge on any atom is 0.263 e. The zero-order valence-electron chi connectivity index (χ0n) is 11.7. The third-order valence-electron chi connectivity index (χ3n) is 3.19. The van der Waals surface area contributed by atoms with Gasteiger partial charge in [-0.2, -0.15) is 5.10 Å². The molecule has 1 aromatic heterocycles. The topological polar surface area (TPSA) is 64.0 Å². The van der Waals surface area contributed by atoms with Gasteiger partial charge in [-0.3, -0.25) is 9.40 Å². The van der Waals surface area contributed by atoms with E-state index in [4.69, 9.17) is 0 Å². The second kappa shape index (κ2) is 4.90. The van der Waals surface area contributed by atoms with E-state index in [0.717, 1.165) is 17.3 Å². The summed E-state index contributed by atoms with van der Waals surface area (Å²) < 4.78 is 41.9. The Morgan fingerprint density at radius 3 is 2.45 bits per heavy atom. The van der Waals surface area contributed by atoms with E-state index >= 15 is 0 Å². The molecule has 1 aromatic carbocycles. The van der Waals surface area contributed by atoms with Crippen LogP contribution < -0.4 is 4.72 Å². The van der Waals surface area contributed by atoms with E-state index in [1.165, 1.54) is 16.8 Å². The number of halogens is 1. The molecule has 7 heteroatoms. The Labute approximate surface area is 117 Å². The van der Waals surface area contributed by atoms with Gasteiger partial charge >= 0.3 is 0 Å². The summed E-state index contributed by atoms with van der Waals surface area (Å²) in [4.78, 5) is -0.0734. The van der Waals surface area contributed by atoms with Crippen molar-refractivity contribution in [3.8, 4) is 0 Å². The zero-order valence-corrected chi connectivity index (χ0v) is 12.5. The van der Waals surface area contributed by atoms with Crippen LogP contribution in [0.25, 0.3) is 0 Å². The Bertz CT molecular complexity index is 766. The average Bonchev–Trinajstić information content (AvgIpc) is 2.59. The summed E-state index contributed by atoms with van der Waals surface area (Å²) in [7, 11) is -2.20. The number of aryl methyl sites for hydroxylation is 3. The molecule has 0 saturated carbocycles. The van der Waals surface area contributed by atoms with E-state index in [1.807, 2.05) is 0 Å². The minimum absolute atomic E-state index is 0.0734. The quantitative estimate of drug-likeness (QED) is 0.945. The van der Waals surface area contributed by atoms with Crippen LogP contribution in [0.1, 0.15) is 16.8 Å². The Morgan fingerprint density at radius 1 is 1.25 bits per heavy atom. The molecule has 1 N–H and O–H groups in total. The second-order valence-corrected chi connectivity index (χ2v) is 6.35. The fraction of sp³-hybridized carbons (Fsp3) is 0.308. The zero-order chi connectivity index (χ0) is 15.1. The molecule has 0 atom stereocenters. The number of hydrogen-bond acceptors (Lipinski definition) is 3. The highest BCUT2D eigenvalue weighted by Gasteiger charge is 2.21. The lowest BCUT2D eigenvalue weighted by Gasteiger charge is -2.11. The van der Waals surface area contributed by atoms with Crippen molar-refractivity contribution in [3.63, 3.8) is 0 Å². The molecular formula is C13H16FN3O2S. The predicted molar refractivity (Wildman–Crippen MR) is 74.6 cm³/mol. The van der Waals surface area contributed by atoms with Crippen LogP contribution in [0, 0.1) is 26.6 Å². The van der Waals surface area contributed by atoms with Gasteiger partial charge in [0.05, 0.1) is 10.6 Å². The lowest BCUT2D eigenvalue weighted by molar-refractivity contribution is 0.593. The van der Waals surface area contributed by atoms with Gasteiger partial charge in [-0.05, 0) is 38.5 Å². The summed E-state index contributed by atoms with van der Waals surface area (Å²) in [6, 6.07) is 3.68. The summed E-state index contributed by atoms with van der Waals surface area (Å²) in [6.07, 6.45) is 0. The lowest BCUT2D eigenvalue weighted by atomic mass is 10.2. The minimum atomic E-state index is -3.85. The van der Waals surface area contributed by atoms with Crippen LogP contribution in [-0.2, 0) is 17.1 Å². The van der Waals surface area contributed by atoms with E-state index in [9.17, 15) is 12.8 Å². The van der Waals surface area contributed by atoms with Crippen molar-refractivity contribution in [2.45, 2.75) is 25.7 Å². The maximum absolute atomic E-state index is 13.3. The molecule has 0 amide bonds. The normalized spacial score (nSPS) is 11.7. The number of rotatable bonds is 3. The van der Waals surface area contributed by atoms with Crippen molar-refractivity contribution in [3.05, 3.63) is 40.8 Å². The maximum atomic E-state index is 13.3. The predicted octanol–water partition coefficient (Wildman–Crippen LogP) is 2.29. The van der Waals surface area contributed by atoms with E-state index in [2.05, 4.69) is 9.82 Å². The molecular weight excluding hydrogens is 281 g/mol. The highest BCUT2D eigenvalue weighted by molar-refractivity contribution is 7.92. The van der Waals surface area contributed by atoms with E-state index in [-0.39, 0.29) is 4.90 Å². The molecule has 2 rings (SSSR count). The Kier molecular flexibility index (Phi) is 3.56. The summed E-state index contributed by atoms with van der Waals surface area (Å²) in [5, 5.41) is 4.14. The van der Waals surface area contributed by atoms with Crippen molar-refractivity contribution >= 4 is 15.8 Å². The van der Waals surface area contributed by atoms with Crippen molar-refractivity contribution in [2.24, 2.45) is 7.05 Å². The van der Waals surface area contributed by atoms with Gasteiger partial charge in [0.1, 0.15) is 11.6 Å². The first-order valence-electron chi connectivity index (χ1n) is 6.01. The number of benzene rings is 1. The third kappa shape index (κ3) is 2.53. The van der Waals surface area contributed by atoms with Gasteiger partial charge in [-0.15, -0.1) is 0 Å². The molecule has 0 saturated heterocycles. The molecule has 0 unspecified atom stereocenters. The number of anilines is 1. The number of hydrogen-bond donors (Lipinski definition) is 1. The standard InChI is InChI=1S/C13H16FN3O2S/c1-8-5-6-11(14)7-12(8)20(18,19)16-13-9(2)10(3)15-17(13)4/h5-7,16H,1-4H3. The molecule has 0 aliphatic carbocycles. The first kappa shape index (κ1) is 14.5. The Balaban J connectivity index is 2.49. The van der Waals surface area contributed by atoms with E-state index in [0.29, 0.717) is 11.4 Å². The summed E-state index contributed by atoms with van der Waals surface area (Å²) in [5.74, 6) is -0.208. The van der Waals surface area contributed by atoms with Gasteiger partial charge in [-0.1, -0.05) is 6.07 Å². The molecule has 0 radical (unpaired) electrons. The highest BCUT2D eigenvalue weighted by atomic mass is 32.2. The average molecular weight is 297 g/mol. The molecule has 0 aliphatic rings. The molecule has 0 bridgehead atoms. The van der Waals surface area contributed by atoms with Crippen LogP contribution in [-0.4, -0.2) is 18.2 Å². The third-order valence-corrected chi connectivity index (χ3v) is 4.67. The van der Waals surface area contributed by atoms with Crippen LogP contribution in [0.3, 0.4) is 0 Å². The van der Waals surface area contributed by atoms with Gasteiger partial charge in [0, 0.05) is 12.6 Å². The smallest absolute Gasteiger partial charge is 0.263 e. The Morgan fingerprint density at radius 2 is 1.90 bits per heavy atom. The van der Waals surface area contributed by atoms with E-state index < -0.39 is 15.8 Å². The van der Waals surface area contributed by atoms with E-state index in [1.54, 1.807) is 27.8 Å². The fourth-order valence-electron chi connectivity index (χ4n) is 1.95. The number of nitrogens with one attached hydrogen (secondary N) is 1. The first-order chi connectivity index (χ1) is 9.22. The lowest BCUT2D eigenvalue weighted by Crippen LogP contribution is -2.17. The summed E-state index contributed by atoms with van der Waals surface area (Å²) in [5.41, 5.74) is 1.96. The molecule has 2 aromatic rings. The number of aromatic nitrogens is 2. The van der Waals surface area contributed by atoms with Gasteiger partial charge in [0.15, 0.2) is 0 Å². The van der Waals surface area contributed by atoms with Crippen LogP contribution in [0.5, 0.6) is 0 Å². The monoisotopic (exact) mass is 297 g/mol. The van der Waals surface area contributed by atoms with Crippen molar-refractivity contribution in [1.29, 1.82) is 0 Å². The molecule has 5 nitrogen and oxygen atoms in total. The molecule has 0 spiro atoms. The molecule has 1 heterocycles. The van der Waals surface area contributed by atoms with Crippen molar-refractivity contribution in [1.82, 2.24) is 9.78 Å².